The Kier molecular flexibility index (Phi) is 8.53. The van der Waals surface area contributed by atoms with Gasteiger partial charge < -0.3 is 37.0 Å². The third kappa shape index (κ3) is 5.05. The van der Waals surface area contributed by atoms with Crippen molar-refractivity contribution in [2.45, 2.75) is 32.0 Å². The van der Waals surface area contributed by atoms with Gasteiger partial charge in [-0.15, -0.1) is 0 Å². The van der Waals surface area contributed by atoms with Crippen LogP contribution in [0.2, 0.25) is 0 Å². The number of nitrogens with two attached hydrogens (primary N) is 1. The van der Waals surface area contributed by atoms with E-state index in [-0.39, 0.29) is 29.7 Å². The molecule has 1 saturated heterocycles. The minimum absolute atomic E-state index is 0. The Balaban J connectivity index is 0.00000324. The first-order valence-corrected chi connectivity index (χ1v) is 11.5. The van der Waals surface area contributed by atoms with Gasteiger partial charge in [-0.3, -0.25) is 13.9 Å². The van der Waals surface area contributed by atoms with Crippen LogP contribution in [0.3, 0.4) is 0 Å². The average molecular weight is 493 g/mol. The molecule has 3 heterocycles. The van der Waals surface area contributed by atoms with Gasteiger partial charge in [0.15, 0.2) is 11.2 Å². The summed E-state index contributed by atoms with van der Waals surface area (Å²) in [5.41, 5.74) is 1.03. The number of halogens is 1. The van der Waals surface area contributed by atoms with Gasteiger partial charge in [0, 0.05) is 40.2 Å². The maximum Gasteiger partial charge on any atom is 0.332 e. The molecule has 1 aromatic carbocycles. The fourth-order valence-electron chi connectivity index (χ4n) is 4.36. The number of benzene rings is 1. The highest BCUT2D eigenvalue weighted by Crippen LogP contribution is 2.21. The number of hydrogen-bond acceptors (Lipinski definition) is 6. The molecule has 186 valence electrons. The van der Waals surface area contributed by atoms with E-state index in [0.717, 1.165) is 23.1 Å². The van der Waals surface area contributed by atoms with E-state index in [1.54, 1.807) is 7.05 Å². The van der Waals surface area contributed by atoms with Crippen LogP contribution in [0.25, 0.3) is 11.2 Å². The molecule has 0 aliphatic carbocycles. The summed E-state index contributed by atoms with van der Waals surface area (Å²) in [6.45, 7) is 5.94. The molecule has 1 aliphatic heterocycles. The lowest BCUT2D eigenvalue weighted by molar-refractivity contribution is -0.694. The lowest BCUT2D eigenvalue weighted by Gasteiger charge is -2.28. The van der Waals surface area contributed by atoms with Gasteiger partial charge in [-0.25, -0.2) is 4.79 Å². The van der Waals surface area contributed by atoms with Gasteiger partial charge in [0.05, 0.1) is 19.8 Å². The standard InChI is InChI=1S/C23H32N6O4.ClH/c1-16(19(30)17-8-5-4-6-9-17)24-10-7-11-29-18-20(26(2)23(32)27(3)21(18)31)25-22(29)28-12-14-33-15-13-28;/h4-6,8-9,16,19,24,30H,7,10-15H2,1-3H3;1H. The van der Waals surface area contributed by atoms with Crippen LogP contribution >= 0.6 is 0 Å². The van der Waals surface area contributed by atoms with Crippen LogP contribution in [0.4, 0.5) is 5.95 Å². The van der Waals surface area contributed by atoms with Crippen LogP contribution in [-0.4, -0.2) is 62.7 Å². The van der Waals surface area contributed by atoms with Crippen LogP contribution in [0.1, 0.15) is 25.0 Å². The molecule has 10 nitrogen and oxygen atoms in total. The molecule has 0 amide bonds. The van der Waals surface area contributed by atoms with Crippen molar-refractivity contribution in [1.82, 2.24) is 18.7 Å². The number of fused-ring (bicyclic) bond motifs is 1. The normalized spacial score (nSPS) is 15.8. The van der Waals surface area contributed by atoms with E-state index in [1.807, 2.05) is 41.8 Å². The summed E-state index contributed by atoms with van der Waals surface area (Å²) >= 11 is 0. The number of anilines is 1. The topological polar surface area (TPSA) is 111 Å². The second-order valence-corrected chi connectivity index (χ2v) is 8.63. The molecule has 0 spiro atoms. The number of aliphatic hydroxyl groups excluding tert-OH is 1. The number of aromatic nitrogens is 4. The number of rotatable bonds is 8. The summed E-state index contributed by atoms with van der Waals surface area (Å²) in [5, 5.41) is 12.7. The van der Waals surface area contributed by atoms with Crippen LogP contribution in [0.15, 0.2) is 39.9 Å². The molecule has 4 rings (SSSR count). The van der Waals surface area contributed by atoms with E-state index in [2.05, 4.69) is 10.2 Å². The number of quaternary nitrogens is 1. The average Bonchev–Trinajstić information content (AvgIpc) is 3.24. The summed E-state index contributed by atoms with van der Waals surface area (Å²) in [4.78, 5) is 32.3. The van der Waals surface area contributed by atoms with Crippen LogP contribution in [0.5, 0.6) is 0 Å². The highest BCUT2D eigenvalue weighted by molar-refractivity contribution is 5.74. The number of aryl methyl sites for hydroxylation is 2. The second kappa shape index (κ2) is 11.2. The van der Waals surface area contributed by atoms with Crippen LogP contribution in [0, 0.1) is 0 Å². The van der Waals surface area contributed by atoms with E-state index >= 15 is 0 Å². The van der Waals surface area contributed by atoms with Gasteiger partial charge in [-0.2, -0.15) is 4.98 Å². The summed E-state index contributed by atoms with van der Waals surface area (Å²) in [5.74, 6) is 0.698. The number of hydrogen-bond donors (Lipinski definition) is 2. The van der Waals surface area contributed by atoms with Gasteiger partial charge in [0.2, 0.25) is 5.95 Å². The third-order valence-electron chi connectivity index (χ3n) is 6.39. The van der Waals surface area contributed by atoms with Crippen molar-refractivity contribution in [3.8, 4) is 0 Å². The van der Waals surface area contributed by atoms with Crippen molar-refractivity contribution in [2.75, 3.05) is 37.7 Å². The smallest absolute Gasteiger partial charge is 0.332 e. The van der Waals surface area contributed by atoms with Crippen LogP contribution in [-0.2, 0) is 25.4 Å². The Hall–Kier alpha value is -2.66. The zero-order valence-electron chi connectivity index (χ0n) is 19.9. The maximum absolute atomic E-state index is 13.0. The number of nitrogens with zero attached hydrogens (tertiary/aromatic N) is 5. The minimum Gasteiger partial charge on any atom is -1.00 e. The summed E-state index contributed by atoms with van der Waals surface area (Å²) in [7, 11) is 3.14. The minimum atomic E-state index is -0.550. The summed E-state index contributed by atoms with van der Waals surface area (Å²) in [6.07, 6.45) is 0.228. The van der Waals surface area contributed by atoms with E-state index in [9.17, 15) is 14.7 Å². The monoisotopic (exact) mass is 492 g/mol. The van der Waals surface area contributed by atoms with E-state index in [4.69, 9.17) is 9.72 Å². The Bertz CT molecular complexity index is 1220. The van der Waals surface area contributed by atoms with E-state index in [1.165, 1.54) is 11.6 Å². The first-order valence-electron chi connectivity index (χ1n) is 11.5. The lowest BCUT2D eigenvalue weighted by atomic mass is 10.0. The SMILES string of the molecule is CC([NH2+]CCCn1c(N2CCOCC2)nc2c1c(=O)n(C)c(=O)n2C)C(O)c1ccccc1.[Cl-]. The third-order valence-corrected chi connectivity index (χ3v) is 6.39. The molecule has 2 aromatic heterocycles. The maximum atomic E-state index is 13.0. The molecule has 1 fully saturated rings. The number of imidazole rings is 1. The number of ether oxygens (including phenoxy) is 1. The fourth-order valence-corrected chi connectivity index (χ4v) is 4.36. The molecule has 3 aromatic rings. The Morgan fingerprint density at radius 1 is 1.12 bits per heavy atom. The summed E-state index contributed by atoms with van der Waals surface area (Å²) < 4.78 is 9.98. The van der Waals surface area contributed by atoms with E-state index < -0.39 is 6.10 Å². The Morgan fingerprint density at radius 2 is 1.79 bits per heavy atom. The molecule has 0 bridgehead atoms. The molecule has 0 radical (unpaired) electrons. The van der Waals surface area contributed by atoms with Gasteiger partial charge in [0.1, 0.15) is 12.1 Å². The lowest BCUT2D eigenvalue weighted by Crippen LogP contribution is -3.00. The van der Waals surface area contributed by atoms with Crippen LogP contribution < -0.4 is 33.9 Å². The van der Waals surface area contributed by atoms with Crippen molar-refractivity contribution >= 4 is 17.1 Å². The molecule has 2 atom stereocenters. The zero-order chi connectivity index (χ0) is 23.5. The van der Waals surface area contributed by atoms with Crippen molar-refractivity contribution in [3.63, 3.8) is 0 Å². The first kappa shape index (κ1) is 26.0. The second-order valence-electron chi connectivity index (χ2n) is 8.63. The highest BCUT2D eigenvalue weighted by atomic mass is 35.5. The van der Waals surface area contributed by atoms with Gasteiger partial charge in [-0.1, -0.05) is 30.3 Å². The van der Waals surface area contributed by atoms with E-state index in [0.29, 0.717) is 50.0 Å². The molecular weight excluding hydrogens is 460 g/mol. The number of aliphatic hydroxyl groups is 1. The zero-order valence-corrected chi connectivity index (χ0v) is 20.6. The summed E-state index contributed by atoms with van der Waals surface area (Å²) in [6, 6.07) is 9.65. The van der Waals surface area contributed by atoms with Crippen molar-refractivity contribution < 1.29 is 27.6 Å². The van der Waals surface area contributed by atoms with Gasteiger partial charge >= 0.3 is 5.69 Å². The van der Waals surface area contributed by atoms with Gasteiger partial charge in [0.25, 0.3) is 5.56 Å². The molecular formula is C23H33ClN6O4. The molecule has 1 aliphatic rings. The van der Waals surface area contributed by atoms with Gasteiger partial charge in [-0.05, 0) is 12.5 Å². The van der Waals surface area contributed by atoms with Crippen molar-refractivity contribution in [3.05, 3.63) is 56.7 Å². The molecule has 3 N–H and O–H groups in total. The predicted octanol–water partition coefficient (Wildman–Crippen LogP) is -3.65. The quantitative estimate of drug-likeness (QED) is 0.314. The Morgan fingerprint density at radius 3 is 2.47 bits per heavy atom. The Labute approximate surface area is 204 Å². The molecule has 0 saturated carbocycles. The predicted molar refractivity (Wildman–Crippen MR) is 126 cm³/mol. The molecule has 11 heteroatoms. The largest absolute Gasteiger partial charge is 1.00 e. The molecule has 34 heavy (non-hydrogen) atoms. The first-order chi connectivity index (χ1) is 15.9. The van der Waals surface area contributed by atoms with Crippen molar-refractivity contribution in [2.24, 2.45) is 14.1 Å². The number of morpholine rings is 1. The fraction of sp³-hybridized carbons (Fsp3) is 0.522. The van der Waals surface area contributed by atoms with Crippen molar-refractivity contribution in [1.29, 1.82) is 0 Å². The molecule has 2 unspecified atom stereocenters. The highest BCUT2D eigenvalue weighted by Gasteiger charge is 2.24.